The van der Waals surface area contributed by atoms with Crippen molar-refractivity contribution in [1.82, 2.24) is 15.5 Å². The number of aromatic nitrogens is 2. The van der Waals surface area contributed by atoms with Gasteiger partial charge in [-0.3, -0.25) is 4.79 Å². The number of alkyl halides is 2. The molecule has 2 aromatic rings. The first-order chi connectivity index (χ1) is 9.99. The average molecular weight is 300 g/mol. The Hall–Kier alpha value is -2.58. The molecule has 0 spiro atoms. The van der Waals surface area contributed by atoms with E-state index in [-0.39, 0.29) is 24.9 Å². The largest absolute Gasteiger partial charge is 0.408 e. The number of anilines is 1. The molecule has 3 N–H and O–H groups in total. The molecular weight excluding hydrogens is 289 g/mol. The highest BCUT2D eigenvalue weighted by molar-refractivity contribution is 5.94. The van der Waals surface area contributed by atoms with Crippen molar-refractivity contribution >= 4 is 11.9 Å². The maximum Gasteiger partial charge on any atom is 0.312 e. The topological polar surface area (TPSA) is 94.0 Å². The van der Waals surface area contributed by atoms with E-state index in [2.05, 4.69) is 15.5 Å². The second-order valence-electron chi connectivity index (χ2n) is 4.05. The van der Waals surface area contributed by atoms with Crippen molar-refractivity contribution in [2.75, 3.05) is 12.3 Å². The summed E-state index contributed by atoms with van der Waals surface area (Å²) in [6, 6.07) is 3.14. The highest BCUT2D eigenvalue weighted by Gasteiger charge is 2.19. The summed E-state index contributed by atoms with van der Waals surface area (Å²) in [7, 11) is 0. The molecule has 1 aromatic carbocycles. The summed E-state index contributed by atoms with van der Waals surface area (Å²) in [6.07, 6.45) is -2.80. The molecule has 112 valence electrons. The number of rotatable bonds is 5. The lowest BCUT2D eigenvalue weighted by atomic mass is 10.1. The van der Waals surface area contributed by atoms with Crippen LogP contribution in [0.3, 0.4) is 0 Å². The molecule has 9 heteroatoms. The summed E-state index contributed by atoms with van der Waals surface area (Å²) in [5.74, 6) is -1.83. The zero-order valence-corrected chi connectivity index (χ0v) is 10.6. The van der Waals surface area contributed by atoms with Crippen molar-refractivity contribution < 1.29 is 22.4 Å². The van der Waals surface area contributed by atoms with Gasteiger partial charge in [0.2, 0.25) is 5.89 Å². The number of carbonyl (C=O) groups excluding carboxylic acids is 1. The van der Waals surface area contributed by atoms with Gasteiger partial charge in [0.15, 0.2) is 0 Å². The quantitative estimate of drug-likeness (QED) is 0.876. The van der Waals surface area contributed by atoms with Gasteiger partial charge in [-0.05, 0) is 6.07 Å². The number of hydrogen-bond acceptors (Lipinski definition) is 5. The van der Waals surface area contributed by atoms with Crippen molar-refractivity contribution in [2.24, 2.45) is 0 Å². The van der Waals surface area contributed by atoms with E-state index in [1.165, 1.54) is 6.07 Å². The Morgan fingerprint density at radius 3 is 2.76 bits per heavy atom. The van der Waals surface area contributed by atoms with Crippen LogP contribution in [-0.4, -0.2) is 22.6 Å². The molecule has 6 nitrogen and oxygen atoms in total. The molecule has 0 saturated carbocycles. The average Bonchev–Trinajstić information content (AvgIpc) is 2.84. The van der Waals surface area contributed by atoms with Gasteiger partial charge in [0.25, 0.3) is 12.3 Å². The molecule has 0 saturated heterocycles. The van der Waals surface area contributed by atoms with Crippen LogP contribution in [0.5, 0.6) is 0 Å². The number of nitrogen functional groups attached to an aromatic ring is 1. The smallest absolute Gasteiger partial charge is 0.312 e. The van der Waals surface area contributed by atoms with Crippen molar-refractivity contribution in [2.45, 2.75) is 12.8 Å². The number of hydrogen-bond donors (Lipinski definition) is 2. The van der Waals surface area contributed by atoms with Crippen molar-refractivity contribution in [3.63, 3.8) is 0 Å². The standard InChI is InChI=1S/C12H11F3N4O2/c13-9-6(10(14)15)2-1-3-7(9)11(20)17-5-4-8-18-19-12(16)21-8/h1-3,10H,4-5H2,(H2,16,19)(H,17,20). The number of carbonyl (C=O) groups is 1. The minimum Gasteiger partial charge on any atom is -0.408 e. The van der Waals surface area contributed by atoms with Crippen molar-refractivity contribution in [3.05, 3.63) is 41.0 Å². The Bertz CT molecular complexity index is 645. The third-order valence-electron chi connectivity index (χ3n) is 2.62. The van der Waals surface area contributed by atoms with Crippen LogP contribution in [0.2, 0.25) is 0 Å². The second kappa shape index (κ2) is 6.25. The molecule has 0 radical (unpaired) electrons. The number of nitrogens with zero attached hydrogens (tertiary/aromatic N) is 2. The number of nitrogens with one attached hydrogen (secondary N) is 1. The fraction of sp³-hybridized carbons (Fsp3) is 0.250. The van der Waals surface area contributed by atoms with Crippen LogP contribution in [0.25, 0.3) is 0 Å². The van der Waals surface area contributed by atoms with E-state index in [0.29, 0.717) is 0 Å². The van der Waals surface area contributed by atoms with Crippen LogP contribution < -0.4 is 11.1 Å². The zero-order chi connectivity index (χ0) is 15.4. The van der Waals surface area contributed by atoms with Crippen LogP contribution in [0.1, 0.15) is 28.2 Å². The Balaban J connectivity index is 1.99. The predicted molar refractivity (Wildman–Crippen MR) is 66.1 cm³/mol. The van der Waals surface area contributed by atoms with E-state index in [1.54, 1.807) is 0 Å². The number of benzene rings is 1. The summed E-state index contributed by atoms with van der Waals surface area (Å²) in [5, 5.41) is 9.37. The highest BCUT2D eigenvalue weighted by atomic mass is 19.3. The molecule has 21 heavy (non-hydrogen) atoms. The van der Waals surface area contributed by atoms with E-state index < -0.39 is 29.3 Å². The first kappa shape index (κ1) is 14.8. The molecule has 0 aliphatic heterocycles. The van der Waals surface area contributed by atoms with Gasteiger partial charge in [0.05, 0.1) is 11.1 Å². The maximum absolute atomic E-state index is 13.7. The molecule has 1 heterocycles. The fourth-order valence-corrected chi connectivity index (χ4v) is 1.64. The van der Waals surface area contributed by atoms with Crippen LogP contribution >= 0.6 is 0 Å². The molecule has 0 bridgehead atoms. The molecule has 1 aromatic heterocycles. The first-order valence-electron chi connectivity index (χ1n) is 5.91. The molecule has 0 fully saturated rings. The molecule has 0 atom stereocenters. The first-order valence-corrected chi connectivity index (χ1v) is 5.91. The van der Waals surface area contributed by atoms with Gasteiger partial charge in [-0.25, -0.2) is 13.2 Å². The number of nitrogens with two attached hydrogens (primary N) is 1. The normalized spacial score (nSPS) is 10.9. The van der Waals surface area contributed by atoms with Gasteiger partial charge in [0.1, 0.15) is 5.82 Å². The minimum absolute atomic E-state index is 0.0683. The minimum atomic E-state index is -2.99. The summed E-state index contributed by atoms with van der Waals surface area (Å²) >= 11 is 0. The van der Waals surface area contributed by atoms with E-state index >= 15 is 0 Å². The van der Waals surface area contributed by atoms with Gasteiger partial charge in [-0.1, -0.05) is 17.2 Å². The second-order valence-corrected chi connectivity index (χ2v) is 4.05. The Morgan fingerprint density at radius 2 is 2.14 bits per heavy atom. The Kier molecular flexibility index (Phi) is 4.41. The highest BCUT2D eigenvalue weighted by Crippen LogP contribution is 2.23. The Labute approximate surface area is 117 Å². The van der Waals surface area contributed by atoms with E-state index in [9.17, 15) is 18.0 Å². The molecule has 2 rings (SSSR count). The van der Waals surface area contributed by atoms with Crippen LogP contribution in [0.15, 0.2) is 22.6 Å². The third kappa shape index (κ3) is 3.50. The lowest BCUT2D eigenvalue weighted by Gasteiger charge is -2.08. The van der Waals surface area contributed by atoms with E-state index in [1.807, 2.05) is 0 Å². The predicted octanol–water partition coefficient (Wildman–Crippen LogP) is 1.70. The fourth-order valence-electron chi connectivity index (χ4n) is 1.64. The van der Waals surface area contributed by atoms with E-state index in [0.717, 1.165) is 12.1 Å². The zero-order valence-electron chi connectivity index (χ0n) is 10.6. The van der Waals surface area contributed by atoms with Crippen molar-refractivity contribution in [1.29, 1.82) is 0 Å². The summed E-state index contributed by atoms with van der Waals surface area (Å²) < 4.78 is 43.7. The summed E-state index contributed by atoms with van der Waals surface area (Å²) in [6.45, 7) is 0.0683. The summed E-state index contributed by atoms with van der Waals surface area (Å²) in [4.78, 5) is 11.7. The van der Waals surface area contributed by atoms with Gasteiger partial charge >= 0.3 is 6.01 Å². The van der Waals surface area contributed by atoms with Gasteiger partial charge in [-0.2, -0.15) is 0 Å². The molecule has 0 unspecified atom stereocenters. The van der Waals surface area contributed by atoms with Gasteiger partial charge in [-0.15, -0.1) is 5.10 Å². The monoisotopic (exact) mass is 300 g/mol. The molecular formula is C12H11F3N4O2. The van der Waals surface area contributed by atoms with Gasteiger partial charge < -0.3 is 15.5 Å². The summed E-state index contributed by atoms with van der Waals surface area (Å²) in [5.41, 5.74) is 3.96. The SMILES string of the molecule is Nc1nnc(CCNC(=O)c2cccc(C(F)F)c2F)o1. The van der Waals surface area contributed by atoms with E-state index in [4.69, 9.17) is 10.2 Å². The number of amides is 1. The van der Waals surface area contributed by atoms with Crippen molar-refractivity contribution in [3.8, 4) is 0 Å². The van der Waals surface area contributed by atoms with Crippen LogP contribution in [0, 0.1) is 5.82 Å². The Morgan fingerprint density at radius 1 is 1.38 bits per heavy atom. The van der Waals surface area contributed by atoms with Crippen LogP contribution in [0.4, 0.5) is 19.2 Å². The number of halogens is 3. The lowest BCUT2D eigenvalue weighted by molar-refractivity contribution is 0.0948. The van der Waals surface area contributed by atoms with Gasteiger partial charge in [0, 0.05) is 13.0 Å². The lowest BCUT2D eigenvalue weighted by Crippen LogP contribution is -2.27. The molecule has 0 aliphatic carbocycles. The molecule has 0 aliphatic rings. The molecule has 1 amide bonds. The third-order valence-corrected chi connectivity index (χ3v) is 2.62. The van der Waals surface area contributed by atoms with Crippen LogP contribution in [-0.2, 0) is 6.42 Å². The maximum atomic E-state index is 13.7.